The lowest BCUT2D eigenvalue weighted by atomic mass is 10.1. The summed E-state index contributed by atoms with van der Waals surface area (Å²) in [6.07, 6.45) is 1.34. The van der Waals surface area contributed by atoms with Crippen molar-refractivity contribution in [2.24, 2.45) is 0 Å². The molecule has 0 saturated heterocycles. The first-order valence-corrected chi connectivity index (χ1v) is 8.77. The second-order valence-electron chi connectivity index (χ2n) is 6.27. The molecule has 9 nitrogen and oxygen atoms in total. The highest BCUT2D eigenvalue weighted by Crippen LogP contribution is 2.21. The van der Waals surface area contributed by atoms with E-state index < -0.39 is 30.4 Å². The van der Waals surface area contributed by atoms with Gasteiger partial charge >= 0.3 is 5.97 Å². The molecule has 0 bridgehead atoms. The van der Waals surface area contributed by atoms with Gasteiger partial charge < -0.3 is 19.0 Å². The highest BCUT2D eigenvalue weighted by Gasteiger charge is 2.20. The monoisotopic (exact) mass is 397 g/mol. The Kier molecular flexibility index (Phi) is 6.08. The molecule has 2 aromatic heterocycles. The van der Waals surface area contributed by atoms with Crippen molar-refractivity contribution in [3.63, 3.8) is 0 Å². The van der Waals surface area contributed by atoms with Crippen LogP contribution in [0.1, 0.15) is 23.0 Å². The molecule has 29 heavy (non-hydrogen) atoms. The number of aryl methyl sites for hydroxylation is 1. The van der Waals surface area contributed by atoms with Gasteiger partial charge in [0.25, 0.3) is 11.8 Å². The largest absolute Gasteiger partial charge is 0.459 e. The van der Waals surface area contributed by atoms with Gasteiger partial charge in [-0.2, -0.15) is 0 Å². The number of carbonyl (C=O) groups is 3. The van der Waals surface area contributed by atoms with Gasteiger partial charge in [0.05, 0.1) is 6.26 Å². The van der Waals surface area contributed by atoms with E-state index in [1.165, 1.54) is 19.3 Å². The molecule has 0 aliphatic heterocycles. The van der Waals surface area contributed by atoms with Gasteiger partial charge in [-0.15, -0.1) is 0 Å². The number of nitrogens with zero attached hydrogens (tertiary/aromatic N) is 1. The Morgan fingerprint density at radius 3 is 2.62 bits per heavy atom. The summed E-state index contributed by atoms with van der Waals surface area (Å²) in [5.74, 6) is -1.74. The SMILES string of the molecule is Cc1ccc(-c2cc(NC(=O)COC(=O)[C@H](C)NC(=O)c3ccco3)on2)cc1. The smallest absolute Gasteiger partial charge is 0.328 e. The Morgan fingerprint density at radius 2 is 1.93 bits per heavy atom. The number of nitrogens with one attached hydrogen (secondary N) is 2. The zero-order chi connectivity index (χ0) is 20.8. The molecule has 1 aromatic carbocycles. The highest BCUT2D eigenvalue weighted by atomic mass is 16.5. The van der Waals surface area contributed by atoms with Crippen LogP contribution in [0.2, 0.25) is 0 Å². The maximum Gasteiger partial charge on any atom is 0.328 e. The normalized spacial score (nSPS) is 11.5. The summed E-state index contributed by atoms with van der Waals surface area (Å²) in [5.41, 5.74) is 2.51. The zero-order valence-corrected chi connectivity index (χ0v) is 15.8. The zero-order valence-electron chi connectivity index (χ0n) is 15.8. The summed E-state index contributed by atoms with van der Waals surface area (Å²) >= 11 is 0. The maximum absolute atomic E-state index is 12.0. The van der Waals surface area contributed by atoms with E-state index in [4.69, 9.17) is 13.7 Å². The fourth-order valence-electron chi connectivity index (χ4n) is 2.36. The van der Waals surface area contributed by atoms with E-state index in [1.807, 2.05) is 31.2 Å². The molecule has 0 unspecified atom stereocenters. The van der Waals surface area contributed by atoms with Crippen LogP contribution < -0.4 is 10.6 Å². The van der Waals surface area contributed by atoms with E-state index >= 15 is 0 Å². The predicted molar refractivity (Wildman–Crippen MR) is 102 cm³/mol. The number of amides is 2. The van der Waals surface area contributed by atoms with E-state index in [0.717, 1.165) is 11.1 Å². The second kappa shape index (κ2) is 8.87. The van der Waals surface area contributed by atoms with Gasteiger partial charge in [-0.05, 0) is 26.0 Å². The highest BCUT2D eigenvalue weighted by molar-refractivity contribution is 5.95. The van der Waals surface area contributed by atoms with Crippen molar-refractivity contribution in [1.29, 1.82) is 0 Å². The predicted octanol–water partition coefficient (Wildman–Crippen LogP) is 2.54. The molecule has 9 heteroatoms. The number of benzene rings is 1. The lowest BCUT2D eigenvalue weighted by molar-refractivity contribution is -0.148. The topological polar surface area (TPSA) is 124 Å². The minimum atomic E-state index is -0.959. The molecule has 150 valence electrons. The molecule has 3 aromatic rings. The van der Waals surface area contributed by atoms with Crippen LogP contribution in [-0.2, 0) is 14.3 Å². The first-order valence-electron chi connectivity index (χ1n) is 8.77. The van der Waals surface area contributed by atoms with Gasteiger partial charge in [-0.3, -0.25) is 14.9 Å². The molecular formula is C20H19N3O6. The van der Waals surface area contributed by atoms with Gasteiger partial charge in [0.1, 0.15) is 11.7 Å². The number of hydrogen-bond acceptors (Lipinski definition) is 7. The van der Waals surface area contributed by atoms with Crippen molar-refractivity contribution in [3.8, 4) is 11.3 Å². The van der Waals surface area contributed by atoms with Crippen LogP contribution in [0.25, 0.3) is 11.3 Å². The first kappa shape index (κ1) is 19.9. The number of aromatic nitrogens is 1. The fourth-order valence-corrected chi connectivity index (χ4v) is 2.36. The van der Waals surface area contributed by atoms with Gasteiger partial charge in [0.15, 0.2) is 12.4 Å². The van der Waals surface area contributed by atoms with Crippen molar-refractivity contribution in [1.82, 2.24) is 10.5 Å². The summed E-state index contributed by atoms with van der Waals surface area (Å²) in [6.45, 7) is 2.87. The molecule has 2 N–H and O–H groups in total. The Morgan fingerprint density at radius 1 is 1.17 bits per heavy atom. The molecule has 0 aliphatic carbocycles. The van der Waals surface area contributed by atoms with Crippen molar-refractivity contribution in [2.75, 3.05) is 11.9 Å². The average molecular weight is 397 g/mol. The number of rotatable bonds is 7. The van der Waals surface area contributed by atoms with Crippen LogP contribution in [0.15, 0.2) is 57.7 Å². The van der Waals surface area contributed by atoms with Crippen molar-refractivity contribution in [3.05, 3.63) is 60.1 Å². The van der Waals surface area contributed by atoms with Crippen LogP contribution >= 0.6 is 0 Å². The van der Waals surface area contributed by atoms with Crippen molar-refractivity contribution >= 4 is 23.7 Å². The summed E-state index contributed by atoms with van der Waals surface area (Å²) in [7, 11) is 0. The van der Waals surface area contributed by atoms with Crippen LogP contribution in [0.4, 0.5) is 5.88 Å². The van der Waals surface area contributed by atoms with Crippen LogP contribution in [-0.4, -0.2) is 35.6 Å². The third-order valence-corrected chi connectivity index (χ3v) is 3.91. The maximum atomic E-state index is 12.0. The third kappa shape index (κ3) is 5.32. The number of furan rings is 1. The van der Waals surface area contributed by atoms with Crippen LogP contribution in [0.5, 0.6) is 0 Å². The molecule has 2 heterocycles. The van der Waals surface area contributed by atoms with E-state index in [0.29, 0.717) is 5.69 Å². The van der Waals surface area contributed by atoms with Gasteiger partial charge in [0.2, 0.25) is 5.88 Å². The summed E-state index contributed by atoms with van der Waals surface area (Å²) in [5, 5.41) is 8.76. The minimum absolute atomic E-state index is 0.0668. The Labute approximate surface area is 166 Å². The lowest BCUT2D eigenvalue weighted by Crippen LogP contribution is -2.40. The lowest BCUT2D eigenvalue weighted by Gasteiger charge is -2.12. The summed E-state index contributed by atoms with van der Waals surface area (Å²) in [4.78, 5) is 35.7. The average Bonchev–Trinajstić information content (AvgIpc) is 3.39. The minimum Gasteiger partial charge on any atom is -0.459 e. The van der Waals surface area contributed by atoms with Crippen LogP contribution in [0.3, 0.4) is 0 Å². The first-order chi connectivity index (χ1) is 13.9. The van der Waals surface area contributed by atoms with Crippen molar-refractivity contribution in [2.45, 2.75) is 19.9 Å². The Balaban J connectivity index is 1.46. The van der Waals surface area contributed by atoms with Gasteiger partial charge in [-0.25, -0.2) is 4.79 Å². The molecule has 0 radical (unpaired) electrons. The van der Waals surface area contributed by atoms with E-state index in [-0.39, 0.29) is 11.6 Å². The number of anilines is 1. The van der Waals surface area contributed by atoms with E-state index in [2.05, 4.69) is 15.8 Å². The standard InChI is InChI=1S/C20H19N3O6/c1-12-5-7-14(8-6-12)15-10-18(29-23-15)22-17(24)11-28-20(26)13(2)21-19(25)16-4-3-9-27-16/h3-10,13H,11H2,1-2H3,(H,21,25)(H,22,24)/t13-/m0/s1. The van der Waals surface area contributed by atoms with Crippen molar-refractivity contribution < 1.29 is 28.1 Å². The number of carbonyl (C=O) groups excluding carboxylic acids is 3. The third-order valence-electron chi connectivity index (χ3n) is 3.91. The van der Waals surface area contributed by atoms with Crippen LogP contribution in [0, 0.1) is 6.92 Å². The summed E-state index contributed by atoms with van der Waals surface area (Å²) in [6, 6.07) is 11.3. The Hall–Kier alpha value is -3.88. The van der Waals surface area contributed by atoms with E-state index in [9.17, 15) is 14.4 Å². The molecular weight excluding hydrogens is 378 g/mol. The number of ether oxygens (including phenoxy) is 1. The molecule has 3 rings (SSSR count). The van der Waals surface area contributed by atoms with E-state index in [1.54, 1.807) is 12.1 Å². The number of esters is 1. The fraction of sp³-hybridized carbons (Fsp3) is 0.200. The van der Waals surface area contributed by atoms with Gasteiger partial charge in [-0.1, -0.05) is 35.0 Å². The van der Waals surface area contributed by atoms with Gasteiger partial charge in [0, 0.05) is 11.6 Å². The molecule has 0 saturated carbocycles. The molecule has 0 spiro atoms. The number of hydrogen-bond donors (Lipinski definition) is 2. The summed E-state index contributed by atoms with van der Waals surface area (Å²) < 4.78 is 14.9. The Bertz CT molecular complexity index is 992. The quantitative estimate of drug-likeness (QED) is 0.587. The molecule has 0 aliphatic rings. The molecule has 1 atom stereocenters. The molecule has 0 fully saturated rings. The molecule has 2 amide bonds. The second-order valence-corrected chi connectivity index (χ2v) is 6.27.